The van der Waals surface area contributed by atoms with E-state index in [2.05, 4.69) is 5.32 Å². The second-order valence-electron chi connectivity index (χ2n) is 6.68. The second-order valence-corrected chi connectivity index (χ2v) is 8.83. The van der Waals surface area contributed by atoms with Gasteiger partial charge in [0.25, 0.3) is 5.91 Å². The fourth-order valence-corrected chi connectivity index (χ4v) is 3.90. The zero-order chi connectivity index (χ0) is 21.2. The summed E-state index contributed by atoms with van der Waals surface area (Å²) in [6.45, 7) is 1.98. The van der Waals surface area contributed by atoms with Crippen LogP contribution in [0.4, 0.5) is 20.2 Å². The van der Waals surface area contributed by atoms with E-state index in [0.29, 0.717) is 38.1 Å². The van der Waals surface area contributed by atoms with Crippen LogP contribution in [0.3, 0.4) is 0 Å². The van der Waals surface area contributed by atoms with E-state index in [1.807, 2.05) is 4.90 Å². The fourth-order valence-electron chi connectivity index (χ4n) is 2.97. The van der Waals surface area contributed by atoms with Crippen LogP contribution < -0.4 is 10.2 Å². The lowest BCUT2D eigenvalue weighted by Gasteiger charge is -2.30. The van der Waals surface area contributed by atoms with Gasteiger partial charge in [-0.15, -0.1) is 0 Å². The smallest absolute Gasteiger partial charge is 0.257 e. The van der Waals surface area contributed by atoms with Crippen LogP contribution >= 0.6 is 0 Å². The minimum absolute atomic E-state index is 0.0601. The van der Waals surface area contributed by atoms with Gasteiger partial charge in [0.1, 0.15) is 11.6 Å². The van der Waals surface area contributed by atoms with Crippen molar-refractivity contribution in [3.63, 3.8) is 0 Å². The molecule has 1 aliphatic rings. The molecule has 1 saturated heterocycles. The Hall–Kier alpha value is -2.56. The summed E-state index contributed by atoms with van der Waals surface area (Å²) >= 11 is 0. The number of sulfonamides is 1. The molecule has 1 N–H and O–H groups in total. The van der Waals surface area contributed by atoms with Crippen LogP contribution in [0.15, 0.2) is 41.3 Å². The van der Waals surface area contributed by atoms with Crippen molar-refractivity contribution in [3.05, 3.63) is 53.6 Å². The van der Waals surface area contributed by atoms with Gasteiger partial charge in [-0.3, -0.25) is 4.79 Å². The maximum absolute atomic E-state index is 13.5. The highest BCUT2D eigenvalue weighted by Crippen LogP contribution is 2.27. The van der Waals surface area contributed by atoms with E-state index in [1.165, 1.54) is 26.2 Å². The third kappa shape index (κ3) is 4.72. The monoisotopic (exact) mass is 425 g/mol. The molecule has 1 amide bonds. The van der Waals surface area contributed by atoms with Crippen molar-refractivity contribution in [1.29, 1.82) is 0 Å². The molecule has 3 rings (SSSR count). The number of nitrogens with zero attached hydrogens (tertiary/aromatic N) is 2. The SMILES string of the molecule is CN(C)S(=O)(=O)c1ccc(N2CCOCC2)c(C(=O)Nc2cc(F)cc(F)c2)c1. The van der Waals surface area contributed by atoms with Crippen LogP contribution in [-0.2, 0) is 14.8 Å². The molecule has 0 aliphatic carbocycles. The largest absolute Gasteiger partial charge is 0.378 e. The molecule has 1 fully saturated rings. The average molecular weight is 425 g/mol. The molecular weight excluding hydrogens is 404 g/mol. The van der Waals surface area contributed by atoms with E-state index in [0.717, 1.165) is 16.4 Å². The molecule has 1 aliphatic heterocycles. The number of hydrogen-bond donors (Lipinski definition) is 1. The van der Waals surface area contributed by atoms with Crippen LogP contribution in [0.2, 0.25) is 0 Å². The lowest BCUT2D eigenvalue weighted by molar-refractivity contribution is 0.102. The molecule has 29 heavy (non-hydrogen) atoms. The fraction of sp³-hybridized carbons (Fsp3) is 0.316. The number of halogens is 2. The number of anilines is 2. The number of amides is 1. The Morgan fingerprint density at radius 3 is 2.28 bits per heavy atom. The summed E-state index contributed by atoms with van der Waals surface area (Å²) in [5, 5.41) is 2.44. The van der Waals surface area contributed by atoms with Gasteiger partial charge in [-0.05, 0) is 30.3 Å². The van der Waals surface area contributed by atoms with Gasteiger partial charge < -0.3 is 15.0 Å². The number of carbonyl (C=O) groups is 1. The first-order chi connectivity index (χ1) is 13.7. The molecule has 0 spiro atoms. The van der Waals surface area contributed by atoms with Crippen LogP contribution in [0.25, 0.3) is 0 Å². The molecule has 0 radical (unpaired) electrons. The second kappa shape index (κ2) is 8.44. The Kier molecular flexibility index (Phi) is 6.15. The number of ether oxygens (including phenoxy) is 1. The van der Waals surface area contributed by atoms with Gasteiger partial charge >= 0.3 is 0 Å². The Morgan fingerprint density at radius 2 is 1.69 bits per heavy atom. The molecule has 0 aromatic heterocycles. The quantitative estimate of drug-likeness (QED) is 0.795. The van der Waals surface area contributed by atoms with Gasteiger partial charge in [0.05, 0.1) is 23.7 Å². The lowest BCUT2D eigenvalue weighted by Crippen LogP contribution is -2.37. The Bertz CT molecular complexity index is 1000. The van der Waals surface area contributed by atoms with E-state index < -0.39 is 27.6 Å². The summed E-state index contributed by atoms with van der Waals surface area (Å²) < 4.78 is 58.3. The van der Waals surface area contributed by atoms with E-state index >= 15 is 0 Å². The van der Waals surface area contributed by atoms with E-state index in [9.17, 15) is 22.0 Å². The molecular formula is C19H21F2N3O4S. The Balaban J connectivity index is 2.03. The van der Waals surface area contributed by atoms with Gasteiger partial charge in [0, 0.05) is 44.6 Å². The van der Waals surface area contributed by atoms with Crippen LogP contribution in [0.1, 0.15) is 10.4 Å². The van der Waals surface area contributed by atoms with Crippen molar-refractivity contribution in [2.45, 2.75) is 4.90 Å². The van der Waals surface area contributed by atoms with E-state index in [-0.39, 0.29) is 16.1 Å². The molecule has 0 unspecified atom stereocenters. The molecule has 10 heteroatoms. The normalized spacial score (nSPS) is 14.9. The maximum Gasteiger partial charge on any atom is 0.257 e. The molecule has 2 aromatic rings. The number of rotatable bonds is 5. The first-order valence-electron chi connectivity index (χ1n) is 8.85. The van der Waals surface area contributed by atoms with Crippen LogP contribution in [-0.4, -0.2) is 59.0 Å². The van der Waals surface area contributed by atoms with Crippen molar-refractivity contribution in [2.24, 2.45) is 0 Å². The molecule has 2 aromatic carbocycles. The van der Waals surface area contributed by atoms with Gasteiger partial charge in [-0.25, -0.2) is 21.5 Å². The van der Waals surface area contributed by atoms with Crippen molar-refractivity contribution >= 4 is 27.3 Å². The molecule has 0 atom stereocenters. The summed E-state index contributed by atoms with van der Waals surface area (Å²) in [4.78, 5) is 14.8. The highest BCUT2D eigenvalue weighted by atomic mass is 32.2. The lowest BCUT2D eigenvalue weighted by atomic mass is 10.1. The first-order valence-corrected chi connectivity index (χ1v) is 10.3. The highest BCUT2D eigenvalue weighted by molar-refractivity contribution is 7.89. The summed E-state index contributed by atoms with van der Waals surface area (Å²) in [7, 11) is -0.998. The number of hydrogen-bond acceptors (Lipinski definition) is 5. The minimum Gasteiger partial charge on any atom is -0.378 e. The van der Waals surface area contributed by atoms with Crippen molar-refractivity contribution in [1.82, 2.24) is 4.31 Å². The van der Waals surface area contributed by atoms with E-state index in [4.69, 9.17) is 4.74 Å². The van der Waals surface area contributed by atoms with Gasteiger partial charge in [-0.2, -0.15) is 0 Å². The molecule has 0 saturated carbocycles. The molecule has 7 nitrogen and oxygen atoms in total. The third-order valence-corrected chi connectivity index (χ3v) is 6.27. The molecule has 1 heterocycles. The van der Waals surface area contributed by atoms with Crippen LogP contribution in [0.5, 0.6) is 0 Å². The summed E-state index contributed by atoms with van der Waals surface area (Å²) in [6.07, 6.45) is 0. The number of nitrogens with one attached hydrogen (secondary N) is 1. The maximum atomic E-state index is 13.5. The standard InChI is InChI=1S/C19H21F2N3O4S/c1-23(2)29(26,27)16-3-4-18(24-5-7-28-8-6-24)17(12-16)19(25)22-15-10-13(20)9-14(21)11-15/h3-4,9-12H,5-8H2,1-2H3,(H,22,25). The third-order valence-electron chi connectivity index (χ3n) is 4.46. The number of morpholine rings is 1. The predicted octanol–water partition coefficient (Wildman–Crippen LogP) is 2.30. The van der Waals surface area contributed by atoms with Gasteiger partial charge in [-0.1, -0.05) is 0 Å². The number of carbonyl (C=O) groups excluding carboxylic acids is 1. The van der Waals surface area contributed by atoms with Gasteiger partial charge in [0.2, 0.25) is 10.0 Å². The van der Waals surface area contributed by atoms with Crippen LogP contribution in [0, 0.1) is 11.6 Å². The Morgan fingerprint density at radius 1 is 1.07 bits per heavy atom. The zero-order valence-electron chi connectivity index (χ0n) is 16.0. The Labute approximate surface area is 167 Å². The minimum atomic E-state index is -3.78. The molecule has 0 bridgehead atoms. The highest BCUT2D eigenvalue weighted by Gasteiger charge is 2.24. The van der Waals surface area contributed by atoms with E-state index in [1.54, 1.807) is 6.07 Å². The number of benzene rings is 2. The van der Waals surface area contributed by atoms with Gasteiger partial charge in [0.15, 0.2) is 0 Å². The van der Waals surface area contributed by atoms with Crippen molar-refractivity contribution in [3.8, 4) is 0 Å². The summed E-state index contributed by atoms with van der Waals surface area (Å²) in [5.74, 6) is -2.34. The predicted molar refractivity (Wildman–Crippen MR) is 105 cm³/mol. The summed E-state index contributed by atoms with van der Waals surface area (Å²) in [5.41, 5.74) is 0.529. The molecule has 156 valence electrons. The zero-order valence-corrected chi connectivity index (χ0v) is 16.8. The summed E-state index contributed by atoms with van der Waals surface area (Å²) in [6, 6.07) is 6.91. The topological polar surface area (TPSA) is 79.0 Å². The average Bonchev–Trinajstić information content (AvgIpc) is 2.67. The van der Waals surface area contributed by atoms with Crippen molar-refractivity contribution < 1.29 is 26.7 Å². The van der Waals surface area contributed by atoms with Crippen molar-refractivity contribution in [2.75, 3.05) is 50.6 Å². The first kappa shape index (κ1) is 21.2.